The molecule has 0 aliphatic heterocycles. The van der Waals surface area contributed by atoms with Crippen molar-refractivity contribution in [3.8, 4) is 0 Å². The Hall–Kier alpha value is -1.46. The SMILES string of the molecule is CCN(CC)S(=O)(=O)c1ccc(S(=O)(=O)NCCCSc2ccc(F)cc2)cc1. The topological polar surface area (TPSA) is 83.6 Å². The first kappa shape index (κ1) is 23.8. The molecule has 160 valence electrons. The van der Waals surface area contributed by atoms with Gasteiger partial charge in [-0.3, -0.25) is 0 Å². The molecule has 2 aromatic carbocycles. The molecule has 2 rings (SSSR count). The summed E-state index contributed by atoms with van der Waals surface area (Å²) in [5, 5.41) is 0. The van der Waals surface area contributed by atoms with Gasteiger partial charge in [0.15, 0.2) is 0 Å². The van der Waals surface area contributed by atoms with Crippen molar-refractivity contribution in [2.45, 2.75) is 35.0 Å². The van der Waals surface area contributed by atoms with E-state index >= 15 is 0 Å². The normalized spacial score (nSPS) is 12.4. The molecule has 6 nitrogen and oxygen atoms in total. The molecule has 0 radical (unpaired) electrons. The van der Waals surface area contributed by atoms with Crippen LogP contribution in [0, 0.1) is 5.82 Å². The van der Waals surface area contributed by atoms with Crippen molar-refractivity contribution in [2.24, 2.45) is 0 Å². The molecular formula is C19H25FN2O4S3. The molecule has 0 aliphatic carbocycles. The number of sulfonamides is 2. The fraction of sp³-hybridized carbons (Fsp3) is 0.368. The van der Waals surface area contributed by atoms with Crippen LogP contribution in [0.3, 0.4) is 0 Å². The van der Waals surface area contributed by atoms with Crippen molar-refractivity contribution in [3.05, 3.63) is 54.3 Å². The number of hydrogen-bond acceptors (Lipinski definition) is 5. The minimum atomic E-state index is -3.72. The smallest absolute Gasteiger partial charge is 0.211 e. The molecule has 0 atom stereocenters. The Morgan fingerprint density at radius 2 is 1.45 bits per heavy atom. The van der Waals surface area contributed by atoms with Crippen molar-refractivity contribution in [1.82, 2.24) is 9.03 Å². The van der Waals surface area contributed by atoms with Crippen LogP contribution in [0.25, 0.3) is 0 Å². The predicted molar refractivity (Wildman–Crippen MR) is 113 cm³/mol. The zero-order valence-corrected chi connectivity index (χ0v) is 18.8. The molecule has 1 N–H and O–H groups in total. The Labute approximate surface area is 176 Å². The van der Waals surface area contributed by atoms with Gasteiger partial charge in [-0.1, -0.05) is 13.8 Å². The summed E-state index contributed by atoms with van der Waals surface area (Å²) in [6.45, 7) is 4.43. The van der Waals surface area contributed by atoms with E-state index in [1.807, 2.05) is 0 Å². The zero-order valence-electron chi connectivity index (χ0n) is 16.3. The Kier molecular flexibility index (Phi) is 8.65. The van der Waals surface area contributed by atoms with E-state index in [1.165, 1.54) is 52.5 Å². The van der Waals surface area contributed by atoms with Gasteiger partial charge in [-0.25, -0.2) is 25.9 Å². The van der Waals surface area contributed by atoms with E-state index in [9.17, 15) is 21.2 Å². The summed E-state index contributed by atoms with van der Waals surface area (Å²) < 4.78 is 66.4. The molecule has 10 heteroatoms. The van der Waals surface area contributed by atoms with Gasteiger partial charge >= 0.3 is 0 Å². The van der Waals surface area contributed by atoms with Crippen molar-refractivity contribution < 1.29 is 21.2 Å². The van der Waals surface area contributed by atoms with Gasteiger partial charge in [-0.05, 0) is 60.7 Å². The van der Waals surface area contributed by atoms with Crippen LogP contribution in [0.4, 0.5) is 4.39 Å². The van der Waals surface area contributed by atoms with Crippen LogP contribution in [-0.2, 0) is 20.0 Å². The number of benzene rings is 2. The van der Waals surface area contributed by atoms with E-state index in [0.29, 0.717) is 25.3 Å². The van der Waals surface area contributed by atoms with Gasteiger partial charge in [0.25, 0.3) is 0 Å². The number of thioether (sulfide) groups is 1. The van der Waals surface area contributed by atoms with Crippen molar-refractivity contribution in [1.29, 1.82) is 0 Å². The average molecular weight is 461 g/mol. The fourth-order valence-electron chi connectivity index (χ4n) is 2.59. The summed E-state index contributed by atoms with van der Waals surface area (Å²) in [5.41, 5.74) is 0. The molecule has 0 amide bonds. The van der Waals surface area contributed by atoms with Crippen LogP contribution in [-0.4, -0.2) is 46.5 Å². The summed E-state index contributed by atoms with van der Waals surface area (Å²) in [4.78, 5) is 0.997. The highest BCUT2D eigenvalue weighted by atomic mass is 32.2. The first-order valence-corrected chi connectivity index (χ1v) is 13.1. The third kappa shape index (κ3) is 6.51. The van der Waals surface area contributed by atoms with Crippen molar-refractivity contribution in [3.63, 3.8) is 0 Å². The van der Waals surface area contributed by atoms with Crippen LogP contribution in [0.1, 0.15) is 20.3 Å². The monoisotopic (exact) mass is 460 g/mol. The van der Waals surface area contributed by atoms with E-state index < -0.39 is 20.0 Å². The average Bonchev–Trinajstić information content (AvgIpc) is 2.70. The minimum Gasteiger partial charge on any atom is -0.211 e. The first-order chi connectivity index (χ1) is 13.7. The quantitative estimate of drug-likeness (QED) is 0.411. The number of hydrogen-bond donors (Lipinski definition) is 1. The minimum absolute atomic E-state index is 0.0159. The standard InChI is InChI=1S/C19H25FN2O4S3/c1-3-22(4-2)29(25,26)19-12-10-18(11-13-19)28(23,24)21-14-5-15-27-17-8-6-16(20)7-9-17/h6-13,21H,3-5,14-15H2,1-2H3. The third-order valence-corrected chi connectivity index (χ3v) is 8.81. The van der Waals surface area contributed by atoms with E-state index in [2.05, 4.69) is 4.72 Å². The maximum absolute atomic E-state index is 12.9. The highest BCUT2D eigenvalue weighted by Gasteiger charge is 2.22. The van der Waals surface area contributed by atoms with Crippen LogP contribution in [0.5, 0.6) is 0 Å². The van der Waals surface area contributed by atoms with E-state index in [0.717, 1.165) is 4.90 Å². The molecule has 2 aromatic rings. The fourth-order valence-corrected chi connectivity index (χ4v) is 5.97. The summed E-state index contributed by atoms with van der Waals surface area (Å²) in [6, 6.07) is 11.3. The maximum Gasteiger partial charge on any atom is 0.243 e. The van der Waals surface area contributed by atoms with Gasteiger partial charge in [-0.2, -0.15) is 4.31 Å². The summed E-state index contributed by atoms with van der Waals surface area (Å²) in [7, 11) is -7.35. The molecule has 0 heterocycles. The summed E-state index contributed by atoms with van der Waals surface area (Å²) >= 11 is 1.51. The molecule has 0 saturated carbocycles. The van der Waals surface area contributed by atoms with Crippen molar-refractivity contribution >= 4 is 31.8 Å². The molecule has 0 bridgehead atoms. The molecule has 0 aromatic heterocycles. The van der Waals surface area contributed by atoms with Crippen LogP contribution < -0.4 is 4.72 Å². The number of halogens is 1. The third-order valence-electron chi connectivity index (χ3n) is 4.17. The number of nitrogens with one attached hydrogen (secondary N) is 1. The van der Waals surface area contributed by atoms with Gasteiger partial charge in [-0.15, -0.1) is 11.8 Å². The Morgan fingerprint density at radius 3 is 2.00 bits per heavy atom. The number of rotatable bonds is 11. The zero-order chi connectivity index (χ0) is 21.5. The molecule has 0 unspecified atom stereocenters. The predicted octanol–water partition coefficient (Wildman–Crippen LogP) is 3.32. The maximum atomic E-state index is 12.9. The second kappa shape index (κ2) is 10.5. The lowest BCUT2D eigenvalue weighted by Gasteiger charge is -2.18. The lowest BCUT2D eigenvalue weighted by atomic mass is 10.4. The molecular weight excluding hydrogens is 435 g/mol. The van der Waals surface area contributed by atoms with Crippen molar-refractivity contribution in [2.75, 3.05) is 25.4 Å². The summed E-state index contributed by atoms with van der Waals surface area (Å²) in [5.74, 6) is 0.382. The second-order valence-electron chi connectivity index (χ2n) is 6.11. The van der Waals surface area contributed by atoms with Crippen LogP contribution in [0.15, 0.2) is 63.2 Å². The second-order valence-corrected chi connectivity index (χ2v) is 11.0. The molecule has 0 saturated heterocycles. The largest absolute Gasteiger partial charge is 0.243 e. The highest BCUT2D eigenvalue weighted by Crippen LogP contribution is 2.20. The van der Waals surface area contributed by atoms with Gasteiger partial charge in [0, 0.05) is 24.5 Å². The Bertz CT molecular complexity index is 989. The Balaban J connectivity index is 1.91. The molecule has 0 fully saturated rings. The van der Waals surface area contributed by atoms with E-state index in [-0.39, 0.29) is 22.2 Å². The van der Waals surface area contributed by atoms with E-state index in [1.54, 1.807) is 26.0 Å². The van der Waals surface area contributed by atoms with E-state index in [4.69, 9.17) is 0 Å². The molecule has 0 aliphatic rings. The lowest BCUT2D eigenvalue weighted by Crippen LogP contribution is -2.30. The summed E-state index contributed by atoms with van der Waals surface area (Å²) in [6.07, 6.45) is 0.593. The molecule has 29 heavy (non-hydrogen) atoms. The Morgan fingerprint density at radius 1 is 0.897 bits per heavy atom. The first-order valence-electron chi connectivity index (χ1n) is 9.19. The lowest BCUT2D eigenvalue weighted by molar-refractivity contribution is 0.445. The van der Waals surface area contributed by atoms with Gasteiger partial charge in [0.1, 0.15) is 5.82 Å². The number of nitrogens with zero attached hydrogens (tertiary/aromatic N) is 1. The van der Waals surface area contributed by atoms with Crippen LogP contribution in [0.2, 0.25) is 0 Å². The van der Waals surface area contributed by atoms with Gasteiger partial charge in [0.2, 0.25) is 20.0 Å². The van der Waals surface area contributed by atoms with Gasteiger partial charge < -0.3 is 0 Å². The van der Waals surface area contributed by atoms with Crippen LogP contribution >= 0.6 is 11.8 Å². The molecule has 0 spiro atoms. The highest BCUT2D eigenvalue weighted by molar-refractivity contribution is 7.99. The van der Waals surface area contributed by atoms with Gasteiger partial charge in [0.05, 0.1) is 9.79 Å².